The number of hydrogen-bond donors (Lipinski definition) is 2. The number of hydrogen-bond acceptors (Lipinski definition) is 4. The number of carbonyl (C=O) groups is 1. The molecule has 1 aliphatic heterocycles. The van der Waals surface area contributed by atoms with E-state index in [1.54, 1.807) is 0 Å². The summed E-state index contributed by atoms with van der Waals surface area (Å²) >= 11 is 0. The van der Waals surface area contributed by atoms with Gasteiger partial charge < -0.3 is 11.1 Å². The van der Waals surface area contributed by atoms with E-state index in [-0.39, 0.29) is 30.7 Å². The van der Waals surface area contributed by atoms with Crippen LogP contribution in [-0.2, 0) is 11.3 Å². The molecule has 3 rings (SSSR count). The van der Waals surface area contributed by atoms with Gasteiger partial charge in [0.1, 0.15) is 0 Å². The molecule has 1 saturated heterocycles. The normalized spacial score (nSPS) is 14.6. The van der Waals surface area contributed by atoms with Crippen LogP contribution in [0.25, 0.3) is 0 Å². The summed E-state index contributed by atoms with van der Waals surface area (Å²) in [6.45, 7) is 9.14. The molecule has 1 heterocycles. The van der Waals surface area contributed by atoms with Crippen LogP contribution in [0, 0.1) is 13.8 Å². The Kier molecular flexibility index (Phi) is 9.76. The zero-order chi connectivity index (χ0) is 18.5. The molecule has 2 aromatic rings. The van der Waals surface area contributed by atoms with E-state index in [9.17, 15) is 4.79 Å². The molecule has 0 radical (unpaired) electrons. The first-order valence-electron chi connectivity index (χ1n) is 9.16. The molecule has 0 saturated carbocycles. The molecule has 1 aliphatic rings. The molecule has 0 spiro atoms. The lowest BCUT2D eigenvalue weighted by Gasteiger charge is -2.34. The van der Waals surface area contributed by atoms with Gasteiger partial charge in [0.25, 0.3) is 0 Å². The van der Waals surface area contributed by atoms with E-state index in [1.807, 2.05) is 50.2 Å². The summed E-state index contributed by atoms with van der Waals surface area (Å²) < 4.78 is 0. The zero-order valence-corrected chi connectivity index (χ0v) is 18.1. The van der Waals surface area contributed by atoms with E-state index in [2.05, 4.69) is 21.2 Å². The third-order valence-corrected chi connectivity index (χ3v) is 4.93. The second-order valence-corrected chi connectivity index (χ2v) is 7.11. The summed E-state index contributed by atoms with van der Waals surface area (Å²) in [4.78, 5) is 17.0. The molecule has 0 bridgehead atoms. The fraction of sp³-hybridized carbons (Fsp3) is 0.381. The van der Waals surface area contributed by atoms with Crippen molar-refractivity contribution in [2.24, 2.45) is 0 Å². The molecule has 7 heteroatoms. The van der Waals surface area contributed by atoms with Crippen LogP contribution in [0.2, 0.25) is 0 Å². The van der Waals surface area contributed by atoms with Crippen molar-refractivity contribution in [3.8, 4) is 0 Å². The number of anilines is 2. The highest BCUT2D eigenvalue weighted by Crippen LogP contribution is 2.19. The molecule has 5 nitrogen and oxygen atoms in total. The predicted molar refractivity (Wildman–Crippen MR) is 122 cm³/mol. The summed E-state index contributed by atoms with van der Waals surface area (Å²) in [6, 6.07) is 14.1. The molecule has 154 valence electrons. The van der Waals surface area contributed by atoms with Gasteiger partial charge in [0, 0.05) is 44.1 Å². The van der Waals surface area contributed by atoms with E-state index >= 15 is 0 Å². The Morgan fingerprint density at radius 1 is 0.964 bits per heavy atom. The number of benzene rings is 2. The second kappa shape index (κ2) is 11.3. The Morgan fingerprint density at radius 3 is 2.14 bits per heavy atom. The third-order valence-electron chi connectivity index (χ3n) is 4.93. The minimum atomic E-state index is 0. The quantitative estimate of drug-likeness (QED) is 0.721. The number of nitrogens with two attached hydrogens (primary N) is 1. The summed E-state index contributed by atoms with van der Waals surface area (Å²) in [5.74, 6) is 0.0617. The minimum absolute atomic E-state index is 0. The minimum Gasteiger partial charge on any atom is -0.399 e. The number of carbonyl (C=O) groups excluding carboxylic acids is 1. The van der Waals surface area contributed by atoms with Crippen LogP contribution in [0.15, 0.2) is 42.5 Å². The van der Waals surface area contributed by atoms with Gasteiger partial charge in [0.05, 0.1) is 6.54 Å². The van der Waals surface area contributed by atoms with Crippen molar-refractivity contribution < 1.29 is 4.79 Å². The van der Waals surface area contributed by atoms with Crippen LogP contribution in [0.3, 0.4) is 0 Å². The van der Waals surface area contributed by atoms with Crippen molar-refractivity contribution in [1.82, 2.24) is 9.80 Å². The standard InChI is InChI=1S/C21H28N4O.2ClH/c1-16-5-3-6-17(2)21(16)23-20(26)15-25-11-9-24(10-12-25)14-18-7-4-8-19(22)13-18;;/h3-8,13H,9-12,14-15,22H2,1-2H3,(H,23,26);2*1H. The van der Waals surface area contributed by atoms with Crippen molar-refractivity contribution in [1.29, 1.82) is 0 Å². The Hall–Kier alpha value is -1.79. The van der Waals surface area contributed by atoms with Crippen molar-refractivity contribution in [3.63, 3.8) is 0 Å². The lowest BCUT2D eigenvalue weighted by molar-refractivity contribution is -0.117. The smallest absolute Gasteiger partial charge is 0.238 e. The molecular formula is C21H30Cl2N4O. The average Bonchev–Trinajstić information content (AvgIpc) is 2.60. The predicted octanol–water partition coefficient (Wildman–Crippen LogP) is 3.49. The second-order valence-electron chi connectivity index (χ2n) is 7.11. The summed E-state index contributed by atoms with van der Waals surface area (Å²) in [5, 5.41) is 3.07. The Labute approximate surface area is 180 Å². The Morgan fingerprint density at radius 2 is 1.54 bits per heavy atom. The highest BCUT2D eigenvalue weighted by molar-refractivity contribution is 5.93. The van der Waals surface area contributed by atoms with Gasteiger partial charge in [-0.05, 0) is 42.7 Å². The number of rotatable bonds is 5. The van der Waals surface area contributed by atoms with Gasteiger partial charge in [-0.15, -0.1) is 24.8 Å². The average molecular weight is 425 g/mol. The van der Waals surface area contributed by atoms with E-state index in [0.29, 0.717) is 6.54 Å². The van der Waals surface area contributed by atoms with Gasteiger partial charge in [-0.3, -0.25) is 14.6 Å². The highest BCUT2D eigenvalue weighted by Gasteiger charge is 2.19. The first-order chi connectivity index (χ1) is 12.5. The van der Waals surface area contributed by atoms with Crippen molar-refractivity contribution in [3.05, 3.63) is 59.2 Å². The number of nitrogens with zero attached hydrogens (tertiary/aromatic N) is 2. The molecule has 2 aromatic carbocycles. The maximum absolute atomic E-state index is 12.4. The van der Waals surface area contributed by atoms with Gasteiger partial charge in [0.15, 0.2) is 0 Å². The summed E-state index contributed by atoms with van der Waals surface area (Å²) in [5.41, 5.74) is 11.1. The summed E-state index contributed by atoms with van der Waals surface area (Å²) in [7, 11) is 0. The Bertz CT molecular complexity index is 757. The number of nitrogens with one attached hydrogen (secondary N) is 1. The molecule has 1 amide bonds. The fourth-order valence-electron chi connectivity index (χ4n) is 3.45. The van der Waals surface area contributed by atoms with Gasteiger partial charge in [-0.1, -0.05) is 30.3 Å². The molecule has 0 atom stereocenters. The maximum Gasteiger partial charge on any atom is 0.238 e. The zero-order valence-electron chi connectivity index (χ0n) is 16.5. The molecule has 1 fully saturated rings. The molecular weight excluding hydrogens is 395 g/mol. The number of aryl methyl sites for hydroxylation is 2. The number of para-hydroxylation sites is 1. The fourth-order valence-corrected chi connectivity index (χ4v) is 3.45. The number of nitrogen functional groups attached to an aromatic ring is 1. The van der Waals surface area contributed by atoms with Crippen molar-refractivity contribution >= 4 is 42.1 Å². The lowest BCUT2D eigenvalue weighted by atomic mass is 10.1. The monoisotopic (exact) mass is 424 g/mol. The van der Waals surface area contributed by atoms with Gasteiger partial charge in [0.2, 0.25) is 5.91 Å². The van der Waals surface area contributed by atoms with Crippen molar-refractivity contribution in [2.45, 2.75) is 20.4 Å². The number of amides is 1. The molecule has 0 aliphatic carbocycles. The first-order valence-corrected chi connectivity index (χ1v) is 9.16. The molecule has 0 unspecified atom stereocenters. The van der Waals surface area contributed by atoms with Crippen LogP contribution in [0.5, 0.6) is 0 Å². The topological polar surface area (TPSA) is 61.6 Å². The SMILES string of the molecule is Cc1cccc(C)c1NC(=O)CN1CCN(Cc2cccc(N)c2)CC1.Cl.Cl. The molecule has 0 aromatic heterocycles. The number of piperazine rings is 1. The molecule has 28 heavy (non-hydrogen) atoms. The van der Waals surface area contributed by atoms with Crippen LogP contribution >= 0.6 is 24.8 Å². The van der Waals surface area contributed by atoms with Gasteiger partial charge in [-0.25, -0.2) is 0 Å². The van der Waals surface area contributed by atoms with Crippen LogP contribution in [-0.4, -0.2) is 48.4 Å². The van der Waals surface area contributed by atoms with E-state index in [4.69, 9.17) is 5.73 Å². The largest absolute Gasteiger partial charge is 0.399 e. The first kappa shape index (κ1) is 24.2. The van der Waals surface area contributed by atoms with Crippen LogP contribution < -0.4 is 11.1 Å². The van der Waals surface area contributed by atoms with Gasteiger partial charge >= 0.3 is 0 Å². The summed E-state index contributed by atoms with van der Waals surface area (Å²) in [6.07, 6.45) is 0. The van der Waals surface area contributed by atoms with Crippen LogP contribution in [0.1, 0.15) is 16.7 Å². The third kappa shape index (κ3) is 6.67. The highest BCUT2D eigenvalue weighted by atomic mass is 35.5. The maximum atomic E-state index is 12.4. The van der Waals surface area contributed by atoms with E-state index in [1.165, 1.54) is 5.56 Å². The van der Waals surface area contributed by atoms with Crippen molar-refractivity contribution in [2.75, 3.05) is 43.8 Å². The number of halogens is 2. The molecule has 3 N–H and O–H groups in total. The van der Waals surface area contributed by atoms with E-state index < -0.39 is 0 Å². The van der Waals surface area contributed by atoms with E-state index in [0.717, 1.165) is 55.2 Å². The van der Waals surface area contributed by atoms with Gasteiger partial charge in [-0.2, -0.15) is 0 Å². The van der Waals surface area contributed by atoms with Crippen LogP contribution in [0.4, 0.5) is 11.4 Å². The Balaban J connectivity index is 0.00000196. The lowest BCUT2D eigenvalue weighted by Crippen LogP contribution is -2.48.